The number of hydrogen-bond acceptors (Lipinski definition) is 6. The van der Waals surface area contributed by atoms with Crippen molar-refractivity contribution in [2.45, 2.75) is 6.42 Å². The molecule has 2 aromatic heterocycles. The quantitative estimate of drug-likeness (QED) is 0.565. The highest BCUT2D eigenvalue weighted by Crippen LogP contribution is 2.24. The Hall–Kier alpha value is -3.68. The number of nitrogens with one attached hydrogen (secondary N) is 2. The average molecular weight is 349 g/mol. The Bertz CT molecular complexity index is 948. The number of nitrogens with zero attached hydrogens (tertiary/aromatic N) is 4. The Morgan fingerprint density at radius 1 is 1.31 bits per heavy atom. The van der Waals surface area contributed by atoms with Crippen molar-refractivity contribution in [1.29, 1.82) is 0 Å². The van der Waals surface area contributed by atoms with Gasteiger partial charge in [0.1, 0.15) is 11.4 Å². The maximum absolute atomic E-state index is 11.7. The van der Waals surface area contributed by atoms with Crippen LogP contribution in [0.25, 0.3) is 0 Å². The first-order valence-electron chi connectivity index (χ1n) is 7.95. The maximum atomic E-state index is 11.7. The number of amides is 1. The SMILES string of the molecule is C=CCc1ccccc1Nc1nc(Nc2cnn(C)c2)ncc1C(N)=O. The van der Waals surface area contributed by atoms with E-state index in [-0.39, 0.29) is 5.56 Å². The van der Waals surface area contributed by atoms with Gasteiger partial charge in [-0.05, 0) is 18.1 Å². The Kier molecular flexibility index (Phi) is 4.93. The molecule has 1 amide bonds. The van der Waals surface area contributed by atoms with Gasteiger partial charge in [0, 0.05) is 25.1 Å². The second-order valence-electron chi connectivity index (χ2n) is 5.62. The highest BCUT2D eigenvalue weighted by atomic mass is 16.1. The highest BCUT2D eigenvalue weighted by Gasteiger charge is 2.14. The minimum atomic E-state index is -0.610. The topological polar surface area (TPSA) is 111 Å². The minimum Gasteiger partial charge on any atom is -0.365 e. The van der Waals surface area contributed by atoms with Crippen LogP contribution in [0.3, 0.4) is 0 Å². The third kappa shape index (κ3) is 3.86. The smallest absolute Gasteiger partial charge is 0.254 e. The number of rotatable bonds is 7. The molecule has 8 nitrogen and oxygen atoms in total. The number of carbonyl (C=O) groups excluding carboxylic acids is 1. The van der Waals surface area contributed by atoms with Crippen molar-refractivity contribution in [3.63, 3.8) is 0 Å². The molecule has 0 aliphatic heterocycles. The van der Waals surface area contributed by atoms with E-state index in [2.05, 4.69) is 32.3 Å². The summed E-state index contributed by atoms with van der Waals surface area (Å²) in [7, 11) is 1.81. The molecule has 26 heavy (non-hydrogen) atoms. The van der Waals surface area contributed by atoms with Crippen LogP contribution in [0.5, 0.6) is 0 Å². The largest absolute Gasteiger partial charge is 0.365 e. The van der Waals surface area contributed by atoms with Crippen LogP contribution in [0, 0.1) is 0 Å². The van der Waals surface area contributed by atoms with Gasteiger partial charge in [0.25, 0.3) is 5.91 Å². The van der Waals surface area contributed by atoms with Gasteiger partial charge >= 0.3 is 0 Å². The van der Waals surface area contributed by atoms with Crippen molar-refractivity contribution in [2.24, 2.45) is 12.8 Å². The summed E-state index contributed by atoms with van der Waals surface area (Å²) in [4.78, 5) is 20.3. The highest BCUT2D eigenvalue weighted by molar-refractivity contribution is 5.98. The van der Waals surface area contributed by atoms with Crippen molar-refractivity contribution >= 4 is 29.0 Å². The molecule has 0 bridgehead atoms. The number of allylic oxidation sites excluding steroid dienone is 1. The van der Waals surface area contributed by atoms with E-state index in [1.165, 1.54) is 6.20 Å². The van der Waals surface area contributed by atoms with Crippen LogP contribution in [0.4, 0.5) is 23.1 Å². The predicted octanol–water partition coefficient (Wildman–Crippen LogP) is 2.52. The molecule has 0 atom stereocenters. The third-order valence-corrected chi connectivity index (χ3v) is 3.65. The van der Waals surface area contributed by atoms with Crippen molar-refractivity contribution in [1.82, 2.24) is 19.7 Å². The molecule has 0 radical (unpaired) electrons. The molecule has 4 N–H and O–H groups in total. The lowest BCUT2D eigenvalue weighted by molar-refractivity contribution is 0.100. The lowest BCUT2D eigenvalue weighted by Crippen LogP contribution is -2.16. The summed E-state index contributed by atoms with van der Waals surface area (Å²) in [6.45, 7) is 3.77. The zero-order valence-electron chi connectivity index (χ0n) is 14.3. The first-order valence-corrected chi connectivity index (χ1v) is 7.95. The molecule has 0 spiro atoms. The van der Waals surface area contributed by atoms with E-state index in [9.17, 15) is 4.79 Å². The van der Waals surface area contributed by atoms with Gasteiger partial charge in [-0.25, -0.2) is 4.98 Å². The third-order valence-electron chi connectivity index (χ3n) is 3.65. The Morgan fingerprint density at radius 3 is 2.81 bits per heavy atom. The lowest BCUT2D eigenvalue weighted by atomic mass is 10.1. The average Bonchev–Trinajstić information content (AvgIpc) is 3.02. The van der Waals surface area contributed by atoms with Gasteiger partial charge in [-0.15, -0.1) is 6.58 Å². The number of hydrogen-bond donors (Lipinski definition) is 3. The summed E-state index contributed by atoms with van der Waals surface area (Å²) in [5, 5.41) is 10.3. The molecule has 1 aromatic carbocycles. The number of nitrogens with two attached hydrogens (primary N) is 1. The summed E-state index contributed by atoms with van der Waals surface area (Å²) in [5.41, 5.74) is 8.25. The number of primary amides is 1. The van der Waals surface area contributed by atoms with Gasteiger partial charge in [0.05, 0.1) is 11.9 Å². The second-order valence-corrected chi connectivity index (χ2v) is 5.62. The molecule has 0 saturated heterocycles. The monoisotopic (exact) mass is 349 g/mol. The van der Waals surface area contributed by atoms with Crippen LogP contribution >= 0.6 is 0 Å². The fraction of sp³-hybridized carbons (Fsp3) is 0.111. The van der Waals surface area contributed by atoms with Crippen molar-refractivity contribution in [3.8, 4) is 0 Å². The molecule has 2 heterocycles. The van der Waals surface area contributed by atoms with Crippen molar-refractivity contribution in [2.75, 3.05) is 10.6 Å². The summed E-state index contributed by atoms with van der Waals surface area (Å²) < 4.78 is 1.66. The first-order chi connectivity index (χ1) is 12.6. The minimum absolute atomic E-state index is 0.204. The second kappa shape index (κ2) is 7.47. The fourth-order valence-corrected chi connectivity index (χ4v) is 2.44. The molecule has 0 saturated carbocycles. The summed E-state index contributed by atoms with van der Waals surface area (Å²) in [6.07, 6.45) is 7.33. The van der Waals surface area contributed by atoms with Crippen LogP contribution in [0.2, 0.25) is 0 Å². The molecule has 132 valence electrons. The Balaban J connectivity index is 1.94. The number of carbonyl (C=O) groups is 1. The van der Waals surface area contributed by atoms with E-state index in [4.69, 9.17) is 5.73 Å². The van der Waals surface area contributed by atoms with Crippen LogP contribution in [-0.2, 0) is 13.5 Å². The zero-order valence-corrected chi connectivity index (χ0v) is 14.3. The molecule has 3 aromatic rings. The summed E-state index contributed by atoms with van der Waals surface area (Å²) in [5.74, 6) is 0.0451. The maximum Gasteiger partial charge on any atom is 0.254 e. The fourth-order valence-electron chi connectivity index (χ4n) is 2.44. The standard InChI is InChI=1S/C18H19N7O/c1-3-6-12-7-4-5-8-15(12)23-17-14(16(19)26)10-20-18(24-17)22-13-9-21-25(2)11-13/h3-5,7-11H,1,6H2,2H3,(H2,19,26)(H2,20,22,23,24). The van der Waals surface area contributed by atoms with Crippen molar-refractivity contribution < 1.29 is 4.79 Å². The van der Waals surface area contributed by atoms with Gasteiger partial charge < -0.3 is 16.4 Å². The van der Waals surface area contributed by atoms with Crippen LogP contribution in [0.15, 0.2) is 55.5 Å². The van der Waals surface area contributed by atoms with E-state index >= 15 is 0 Å². The predicted molar refractivity (Wildman–Crippen MR) is 101 cm³/mol. The molecule has 0 aliphatic carbocycles. The number of benzene rings is 1. The number of anilines is 4. The summed E-state index contributed by atoms with van der Waals surface area (Å²) in [6, 6.07) is 7.72. The Labute approximate surface area is 150 Å². The summed E-state index contributed by atoms with van der Waals surface area (Å²) >= 11 is 0. The van der Waals surface area contributed by atoms with Gasteiger partial charge in [-0.1, -0.05) is 24.3 Å². The van der Waals surface area contributed by atoms with E-state index in [0.717, 1.165) is 16.9 Å². The van der Waals surface area contributed by atoms with Gasteiger partial charge in [0.15, 0.2) is 0 Å². The van der Waals surface area contributed by atoms with E-state index in [1.54, 1.807) is 17.1 Å². The Morgan fingerprint density at radius 2 is 2.12 bits per heavy atom. The van der Waals surface area contributed by atoms with E-state index in [0.29, 0.717) is 18.2 Å². The van der Waals surface area contributed by atoms with Crippen LogP contribution in [0.1, 0.15) is 15.9 Å². The molecule has 0 fully saturated rings. The van der Waals surface area contributed by atoms with Gasteiger partial charge in [0.2, 0.25) is 5.95 Å². The number of aryl methyl sites for hydroxylation is 1. The lowest BCUT2D eigenvalue weighted by Gasteiger charge is -2.13. The molecular weight excluding hydrogens is 330 g/mol. The van der Waals surface area contributed by atoms with Crippen LogP contribution in [-0.4, -0.2) is 25.7 Å². The first kappa shape index (κ1) is 17.2. The number of para-hydroxylation sites is 1. The normalized spacial score (nSPS) is 10.3. The van der Waals surface area contributed by atoms with E-state index < -0.39 is 5.91 Å². The molecule has 0 unspecified atom stereocenters. The molecule has 3 rings (SSSR count). The number of aromatic nitrogens is 4. The van der Waals surface area contributed by atoms with E-state index in [1.807, 2.05) is 37.4 Å². The van der Waals surface area contributed by atoms with Crippen molar-refractivity contribution in [3.05, 3.63) is 66.6 Å². The van der Waals surface area contributed by atoms with Crippen LogP contribution < -0.4 is 16.4 Å². The molecule has 0 aliphatic rings. The molecular formula is C18H19N7O. The van der Waals surface area contributed by atoms with Gasteiger partial charge in [-0.3, -0.25) is 9.48 Å². The van der Waals surface area contributed by atoms with Gasteiger partial charge in [-0.2, -0.15) is 10.1 Å². The molecule has 8 heteroatoms. The zero-order chi connectivity index (χ0) is 18.5.